The van der Waals surface area contributed by atoms with Gasteiger partial charge in [0, 0.05) is 57.4 Å². The van der Waals surface area contributed by atoms with Crippen LogP contribution in [0.5, 0.6) is 5.75 Å². The number of carbonyl (C=O) groups is 4. The fourth-order valence-electron chi connectivity index (χ4n) is 8.79. The number of rotatable bonds is 12. The van der Waals surface area contributed by atoms with Crippen molar-refractivity contribution in [2.75, 3.05) is 84.9 Å². The van der Waals surface area contributed by atoms with Crippen LogP contribution in [0.3, 0.4) is 0 Å². The topological polar surface area (TPSA) is 135 Å². The van der Waals surface area contributed by atoms with Crippen molar-refractivity contribution >= 4 is 41.3 Å². The largest absolute Gasteiger partial charge is 0.506 e. The molecule has 0 aromatic heterocycles. The molecule has 0 spiro atoms. The van der Waals surface area contributed by atoms with Gasteiger partial charge in [-0.2, -0.15) is 0 Å². The number of ether oxygens (including phenoxy) is 2. The van der Waals surface area contributed by atoms with Crippen molar-refractivity contribution in [2.45, 2.75) is 76.9 Å². The Morgan fingerprint density at radius 1 is 0.929 bits per heavy atom. The number of phenolic OH excluding ortho intramolecular Hbond substituents is 1. The number of esters is 1. The molecule has 4 aliphatic rings. The molecule has 4 aliphatic heterocycles. The molecule has 4 heterocycles. The lowest BCUT2D eigenvalue weighted by Gasteiger charge is -2.41. The van der Waals surface area contributed by atoms with Gasteiger partial charge in [0.15, 0.2) is 6.10 Å². The van der Waals surface area contributed by atoms with Crippen LogP contribution in [-0.2, 0) is 31.9 Å². The normalized spacial score (nSPS) is 19.7. The first-order valence-electron chi connectivity index (χ1n) is 20.4. The molecule has 0 radical (unpaired) electrons. The van der Waals surface area contributed by atoms with Crippen LogP contribution < -0.4 is 5.32 Å². The lowest BCUT2D eigenvalue weighted by atomic mass is 9.78. The van der Waals surface area contributed by atoms with Crippen LogP contribution in [0.25, 0.3) is 0 Å². The molecule has 0 bridgehead atoms. The second-order valence-corrected chi connectivity index (χ2v) is 16.6. The van der Waals surface area contributed by atoms with Gasteiger partial charge >= 0.3 is 18.1 Å². The molecule has 56 heavy (non-hydrogen) atoms. The number of para-hydroxylation sites is 1. The minimum atomic E-state index is -1.06. The zero-order valence-corrected chi connectivity index (χ0v) is 34.0. The number of aromatic hydroxyl groups is 1. The highest BCUT2D eigenvalue weighted by Crippen LogP contribution is 2.34. The smallest absolute Gasteiger partial charge is 0.410 e. The predicted octanol–water partition coefficient (Wildman–Crippen LogP) is 5.40. The minimum absolute atomic E-state index is 0.0106. The number of nitrogens with zero attached hydrogens (tertiary/aromatic N) is 5. The summed E-state index contributed by atoms with van der Waals surface area (Å²) >= 11 is 6.32. The third-order valence-electron chi connectivity index (χ3n) is 12.1. The molecule has 2 aromatic rings. The van der Waals surface area contributed by atoms with Crippen molar-refractivity contribution in [3.05, 3.63) is 58.1 Å². The van der Waals surface area contributed by atoms with E-state index in [1.165, 1.54) is 0 Å². The van der Waals surface area contributed by atoms with Gasteiger partial charge in [0.2, 0.25) is 0 Å². The Bertz CT molecular complexity index is 1660. The molecule has 1 atom stereocenters. The Morgan fingerprint density at radius 2 is 1.59 bits per heavy atom. The minimum Gasteiger partial charge on any atom is -0.506 e. The van der Waals surface area contributed by atoms with Crippen molar-refractivity contribution in [3.8, 4) is 5.75 Å². The van der Waals surface area contributed by atoms with Crippen LogP contribution in [0.2, 0.25) is 5.02 Å². The highest BCUT2D eigenvalue weighted by atomic mass is 35.5. The quantitative estimate of drug-likeness (QED) is 0.214. The van der Waals surface area contributed by atoms with Gasteiger partial charge in [-0.15, -0.1) is 0 Å². The Morgan fingerprint density at radius 3 is 2.27 bits per heavy atom. The van der Waals surface area contributed by atoms with E-state index >= 15 is 0 Å². The van der Waals surface area contributed by atoms with Gasteiger partial charge in [-0.1, -0.05) is 35.9 Å². The highest BCUT2D eigenvalue weighted by Gasteiger charge is 2.37. The Hall–Kier alpha value is -4.07. The molecule has 14 heteroatoms. The summed E-state index contributed by atoms with van der Waals surface area (Å²) in [6.07, 6.45) is 5.10. The molecular formula is C42H59ClN6O7. The number of phenols is 1. The fraction of sp³-hybridized carbons (Fsp3) is 0.619. The third-order valence-corrected chi connectivity index (χ3v) is 12.4. The summed E-state index contributed by atoms with van der Waals surface area (Å²) < 4.78 is 11.5. The van der Waals surface area contributed by atoms with E-state index in [0.29, 0.717) is 81.7 Å². The first kappa shape index (κ1) is 41.6. The van der Waals surface area contributed by atoms with Gasteiger partial charge in [-0.3, -0.25) is 14.5 Å². The van der Waals surface area contributed by atoms with Crippen LogP contribution in [0.15, 0.2) is 36.4 Å². The molecule has 2 N–H and O–H groups in total. The zero-order valence-electron chi connectivity index (χ0n) is 33.2. The van der Waals surface area contributed by atoms with E-state index in [1.807, 2.05) is 48.2 Å². The van der Waals surface area contributed by atoms with E-state index in [0.717, 1.165) is 69.4 Å². The Balaban J connectivity index is 1.01. The fourth-order valence-corrected chi connectivity index (χ4v) is 9.07. The average Bonchev–Trinajstić information content (AvgIpc) is 3.36. The molecule has 4 amide bonds. The van der Waals surface area contributed by atoms with Gasteiger partial charge in [0.1, 0.15) is 5.75 Å². The first-order chi connectivity index (χ1) is 26.9. The van der Waals surface area contributed by atoms with Crippen molar-refractivity contribution in [1.29, 1.82) is 0 Å². The van der Waals surface area contributed by atoms with Crippen molar-refractivity contribution in [3.63, 3.8) is 0 Å². The summed E-state index contributed by atoms with van der Waals surface area (Å²) in [5, 5.41) is 13.5. The Kier molecular flexibility index (Phi) is 14.4. The second-order valence-electron chi connectivity index (χ2n) is 16.2. The number of piperidine rings is 3. The van der Waals surface area contributed by atoms with Crippen LogP contribution in [0, 0.1) is 18.8 Å². The lowest BCUT2D eigenvalue weighted by Crippen LogP contribution is -2.52. The summed E-state index contributed by atoms with van der Waals surface area (Å²) in [5.41, 5.74) is 3.23. The monoisotopic (exact) mass is 794 g/mol. The number of nitrogens with one attached hydrogen (secondary N) is 1. The summed E-state index contributed by atoms with van der Waals surface area (Å²) in [4.78, 5) is 63.0. The predicted molar refractivity (Wildman–Crippen MR) is 215 cm³/mol. The molecule has 13 nitrogen and oxygen atoms in total. The molecule has 6 rings (SSSR count). The summed E-state index contributed by atoms with van der Waals surface area (Å²) in [6, 6.07) is 11.1. The average molecular weight is 795 g/mol. The summed E-state index contributed by atoms with van der Waals surface area (Å²) in [7, 11) is 4.01. The maximum absolute atomic E-state index is 14.2. The van der Waals surface area contributed by atoms with Crippen molar-refractivity contribution < 1.29 is 33.8 Å². The van der Waals surface area contributed by atoms with E-state index in [9.17, 15) is 24.3 Å². The molecule has 0 aliphatic carbocycles. The number of benzene rings is 2. The van der Waals surface area contributed by atoms with Crippen molar-refractivity contribution in [1.82, 2.24) is 24.5 Å². The molecule has 306 valence electrons. The number of halogens is 1. The number of urea groups is 1. The SMILES string of the molecule is Cc1cc(C[C@@H](OC(=O)N2CCC(N3CCc4ccccc4NC3=O)CC2)C(=O)N2CCC(C3CCN(CC(=O)OCCCN(C)C)CC3)CC2)cc(Cl)c1O. The van der Waals surface area contributed by atoms with Gasteiger partial charge < -0.3 is 39.5 Å². The van der Waals surface area contributed by atoms with Gasteiger partial charge in [-0.25, -0.2) is 9.59 Å². The molecule has 0 unspecified atom stereocenters. The molecule has 0 saturated carbocycles. The molecule has 2 aromatic carbocycles. The number of anilines is 1. The maximum Gasteiger partial charge on any atom is 0.410 e. The number of hydrogen-bond donors (Lipinski definition) is 2. The number of fused-ring (bicyclic) bond motifs is 1. The van der Waals surface area contributed by atoms with Crippen LogP contribution in [-0.4, -0.2) is 145 Å². The first-order valence-corrected chi connectivity index (χ1v) is 20.7. The van der Waals surface area contributed by atoms with E-state index in [1.54, 1.807) is 24.0 Å². The summed E-state index contributed by atoms with van der Waals surface area (Å²) in [5.74, 6) is 0.623. The number of carbonyl (C=O) groups excluding carboxylic acids is 4. The maximum atomic E-state index is 14.2. The number of aryl methyl sites for hydroxylation is 1. The zero-order chi connectivity index (χ0) is 39.8. The molecule has 3 fully saturated rings. The van der Waals surface area contributed by atoms with E-state index in [2.05, 4.69) is 15.1 Å². The van der Waals surface area contributed by atoms with E-state index < -0.39 is 12.2 Å². The second kappa shape index (κ2) is 19.4. The van der Waals surface area contributed by atoms with Crippen LogP contribution in [0.1, 0.15) is 61.6 Å². The molecular weight excluding hydrogens is 736 g/mol. The van der Waals surface area contributed by atoms with Crippen molar-refractivity contribution in [2.24, 2.45) is 11.8 Å². The Labute approximate surface area is 336 Å². The van der Waals surface area contributed by atoms with Gasteiger partial charge in [0.25, 0.3) is 5.91 Å². The number of amides is 4. The van der Waals surface area contributed by atoms with E-state index in [-0.39, 0.29) is 41.1 Å². The summed E-state index contributed by atoms with van der Waals surface area (Å²) in [6.45, 7) is 7.72. The van der Waals surface area contributed by atoms with E-state index in [4.69, 9.17) is 21.1 Å². The van der Waals surface area contributed by atoms with Gasteiger partial charge in [0.05, 0.1) is 18.2 Å². The van der Waals surface area contributed by atoms with Crippen LogP contribution >= 0.6 is 11.6 Å². The van der Waals surface area contributed by atoms with Gasteiger partial charge in [-0.05, 0) is 126 Å². The highest BCUT2D eigenvalue weighted by molar-refractivity contribution is 6.32. The number of hydrogen-bond acceptors (Lipinski definition) is 9. The number of likely N-dealkylation sites (tertiary alicyclic amines) is 3. The van der Waals surface area contributed by atoms with Crippen LogP contribution in [0.4, 0.5) is 15.3 Å². The third kappa shape index (κ3) is 10.9. The standard InChI is InChI=1S/C42H59ClN6O7/c1-29-25-30(26-35(43)39(29)51)27-37(56-42(54)48-21-14-34(15-22-48)49-23-13-33-7-4-5-8-36(33)44-41(49)53)40(52)47-19-11-32(12-20-47)31-9-17-46(18-10-31)28-38(50)55-24-6-16-45(2)3/h4-5,7-8,25-26,31-32,34,37,51H,6,9-24,27-28H2,1-3H3,(H,44,53)/t37-/m1/s1. The lowest BCUT2D eigenvalue weighted by molar-refractivity contribution is -0.145. The molecule has 3 saturated heterocycles.